The topological polar surface area (TPSA) is 78.1 Å². The van der Waals surface area contributed by atoms with Crippen molar-refractivity contribution in [2.75, 3.05) is 20.3 Å². The predicted molar refractivity (Wildman–Crippen MR) is 73.4 cm³/mol. The fourth-order valence-corrected chi connectivity index (χ4v) is 2.71. The maximum atomic E-state index is 12.0. The van der Waals surface area contributed by atoms with Gasteiger partial charge in [0.15, 0.2) is 0 Å². The summed E-state index contributed by atoms with van der Waals surface area (Å²) >= 11 is 0. The third-order valence-corrected chi connectivity index (χ3v) is 3.75. The van der Waals surface area contributed by atoms with Crippen LogP contribution in [-0.4, -0.2) is 55.4 Å². The second kappa shape index (κ2) is 5.65. The number of rotatable bonds is 4. The molecule has 0 saturated carbocycles. The van der Waals surface area contributed by atoms with Crippen molar-refractivity contribution in [2.24, 2.45) is 0 Å². The van der Waals surface area contributed by atoms with Gasteiger partial charge in [0.05, 0.1) is 24.5 Å². The molecule has 1 aliphatic rings. The first-order valence-corrected chi connectivity index (χ1v) is 6.86. The van der Waals surface area contributed by atoms with Crippen LogP contribution in [0.1, 0.15) is 24.5 Å². The van der Waals surface area contributed by atoms with Crippen LogP contribution in [0.25, 0.3) is 0 Å². The molecule has 0 saturated heterocycles. The van der Waals surface area contributed by atoms with Gasteiger partial charge in [0.1, 0.15) is 25.1 Å². The minimum absolute atomic E-state index is 0.00271. The summed E-state index contributed by atoms with van der Waals surface area (Å²) in [7, 11) is 1.53. The molecule has 8 heteroatoms. The molecule has 1 amide bonds. The van der Waals surface area contributed by atoms with Gasteiger partial charge in [0.2, 0.25) is 5.91 Å². The highest BCUT2D eigenvalue weighted by atomic mass is 16.5. The van der Waals surface area contributed by atoms with E-state index in [-0.39, 0.29) is 18.6 Å². The van der Waals surface area contributed by atoms with E-state index >= 15 is 0 Å². The van der Waals surface area contributed by atoms with Gasteiger partial charge in [-0.3, -0.25) is 4.79 Å². The first-order chi connectivity index (χ1) is 10.2. The van der Waals surface area contributed by atoms with Gasteiger partial charge in [-0.15, -0.1) is 0 Å². The van der Waals surface area contributed by atoms with E-state index in [0.29, 0.717) is 13.1 Å². The number of imidazole rings is 1. The third kappa shape index (κ3) is 2.54. The molecule has 3 heterocycles. The molecule has 1 aliphatic heterocycles. The van der Waals surface area contributed by atoms with Crippen LogP contribution in [0.2, 0.25) is 0 Å². The third-order valence-electron chi connectivity index (χ3n) is 3.75. The average molecular weight is 290 g/mol. The molecule has 21 heavy (non-hydrogen) atoms. The van der Waals surface area contributed by atoms with Crippen molar-refractivity contribution in [3.63, 3.8) is 0 Å². The predicted octanol–water partition coefficient (Wildman–Crippen LogP) is 0.0725. The molecule has 2 aromatic heterocycles. The maximum absolute atomic E-state index is 12.0. The lowest BCUT2D eigenvalue weighted by molar-refractivity contribution is -0.138. The molecule has 1 atom stereocenters. The van der Waals surface area contributed by atoms with Crippen molar-refractivity contribution < 1.29 is 9.53 Å². The van der Waals surface area contributed by atoms with Gasteiger partial charge >= 0.3 is 0 Å². The molecular formula is C13H18N6O2. The Hall–Kier alpha value is -2.22. The number of methoxy groups -OCH3 is 1. The number of hydrogen-bond donors (Lipinski definition) is 0. The lowest BCUT2D eigenvalue weighted by Crippen LogP contribution is -2.43. The van der Waals surface area contributed by atoms with Gasteiger partial charge in [-0.05, 0) is 6.92 Å². The largest absolute Gasteiger partial charge is 0.375 e. The number of ether oxygens (including phenoxy) is 1. The summed E-state index contributed by atoms with van der Waals surface area (Å²) in [6.07, 6.45) is 5.04. The van der Waals surface area contributed by atoms with Crippen molar-refractivity contribution in [1.82, 2.24) is 29.2 Å². The monoisotopic (exact) mass is 290 g/mol. The van der Waals surface area contributed by atoms with Crippen molar-refractivity contribution in [3.8, 4) is 0 Å². The standard InChI is InChI=1S/C13H18N6O2/c1-10-13-15-5-11(6-17-9-14-8-16-17)19(13)4-3-18(10)12(20)7-21-2/h5,8-10H,3-4,6-7H2,1-2H3/t10-/m0/s1. The zero-order valence-corrected chi connectivity index (χ0v) is 12.1. The first-order valence-electron chi connectivity index (χ1n) is 6.86. The number of aromatic nitrogens is 5. The Morgan fingerprint density at radius 3 is 3.05 bits per heavy atom. The van der Waals surface area contributed by atoms with Gasteiger partial charge in [-0.25, -0.2) is 14.6 Å². The van der Waals surface area contributed by atoms with E-state index in [1.165, 1.54) is 13.4 Å². The number of amides is 1. The molecule has 0 aromatic carbocycles. The van der Waals surface area contributed by atoms with E-state index in [9.17, 15) is 4.79 Å². The molecule has 8 nitrogen and oxygen atoms in total. The van der Waals surface area contributed by atoms with Crippen LogP contribution in [0.3, 0.4) is 0 Å². The highest BCUT2D eigenvalue weighted by Gasteiger charge is 2.30. The number of fused-ring (bicyclic) bond motifs is 1. The number of nitrogens with zero attached hydrogens (tertiary/aromatic N) is 6. The average Bonchev–Trinajstić information content (AvgIpc) is 3.10. The van der Waals surface area contributed by atoms with Crippen molar-refractivity contribution in [1.29, 1.82) is 0 Å². The highest BCUT2D eigenvalue weighted by Crippen LogP contribution is 2.25. The fraction of sp³-hybridized carbons (Fsp3) is 0.538. The Balaban J connectivity index is 1.80. The van der Waals surface area contributed by atoms with Gasteiger partial charge in [-0.1, -0.05) is 0 Å². The molecule has 0 bridgehead atoms. The van der Waals surface area contributed by atoms with Gasteiger partial charge in [0, 0.05) is 20.2 Å². The smallest absolute Gasteiger partial charge is 0.249 e. The van der Waals surface area contributed by atoms with Crippen molar-refractivity contribution in [3.05, 3.63) is 30.4 Å². The van der Waals surface area contributed by atoms with E-state index in [0.717, 1.165) is 18.1 Å². The normalized spacial score (nSPS) is 17.8. The first kappa shape index (κ1) is 13.7. The molecule has 0 aliphatic carbocycles. The van der Waals surface area contributed by atoms with E-state index in [2.05, 4.69) is 19.6 Å². The molecule has 112 valence electrons. The van der Waals surface area contributed by atoms with Crippen LogP contribution in [0.4, 0.5) is 0 Å². The van der Waals surface area contributed by atoms with Crippen LogP contribution in [-0.2, 0) is 22.6 Å². The second-order valence-electron chi connectivity index (χ2n) is 5.05. The summed E-state index contributed by atoms with van der Waals surface area (Å²) in [6, 6.07) is -0.0501. The summed E-state index contributed by atoms with van der Waals surface area (Å²) in [5.74, 6) is 0.901. The van der Waals surface area contributed by atoms with E-state index in [4.69, 9.17) is 4.74 Å². The Kier molecular flexibility index (Phi) is 3.70. The quantitative estimate of drug-likeness (QED) is 0.796. The van der Waals surface area contributed by atoms with Crippen molar-refractivity contribution >= 4 is 5.91 Å². The van der Waals surface area contributed by atoms with E-state index in [1.54, 1.807) is 11.0 Å². The van der Waals surface area contributed by atoms with Crippen LogP contribution in [0.15, 0.2) is 18.9 Å². The molecule has 0 fully saturated rings. The van der Waals surface area contributed by atoms with Gasteiger partial charge in [0.25, 0.3) is 0 Å². The molecule has 0 radical (unpaired) electrons. The van der Waals surface area contributed by atoms with Crippen LogP contribution >= 0.6 is 0 Å². The fourth-order valence-electron chi connectivity index (χ4n) is 2.71. The minimum atomic E-state index is -0.0501. The summed E-state index contributed by atoms with van der Waals surface area (Å²) in [5.41, 5.74) is 1.07. The Labute approximate surface area is 122 Å². The Bertz CT molecular complexity index is 621. The molecule has 0 spiro atoms. The van der Waals surface area contributed by atoms with E-state index < -0.39 is 0 Å². The lowest BCUT2D eigenvalue weighted by atomic mass is 10.2. The highest BCUT2D eigenvalue weighted by molar-refractivity contribution is 5.78. The van der Waals surface area contributed by atoms with Crippen LogP contribution in [0, 0.1) is 0 Å². The van der Waals surface area contributed by atoms with Crippen molar-refractivity contribution in [2.45, 2.75) is 26.1 Å². The van der Waals surface area contributed by atoms with E-state index in [1.807, 2.05) is 18.0 Å². The summed E-state index contributed by atoms with van der Waals surface area (Å²) in [6.45, 7) is 4.13. The molecule has 0 unspecified atom stereocenters. The van der Waals surface area contributed by atoms with Gasteiger partial charge in [-0.2, -0.15) is 5.10 Å². The summed E-state index contributed by atoms with van der Waals surface area (Å²) < 4.78 is 8.85. The van der Waals surface area contributed by atoms with Crippen LogP contribution < -0.4 is 0 Å². The molecular weight excluding hydrogens is 272 g/mol. The van der Waals surface area contributed by atoms with Gasteiger partial charge < -0.3 is 14.2 Å². The maximum Gasteiger partial charge on any atom is 0.249 e. The second-order valence-corrected chi connectivity index (χ2v) is 5.05. The lowest BCUT2D eigenvalue weighted by Gasteiger charge is -2.34. The number of hydrogen-bond acceptors (Lipinski definition) is 5. The Morgan fingerprint density at radius 2 is 2.33 bits per heavy atom. The molecule has 3 rings (SSSR count). The minimum Gasteiger partial charge on any atom is -0.375 e. The molecule has 0 N–H and O–H groups in total. The SMILES string of the molecule is COCC(=O)N1CCn2c(Cn3cncn3)cnc2[C@@H]1C. The molecule has 2 aromatic rings. The van der Waals surface area contributed by atoms with Crippen LogP contribution in [0.5, 0.6) is 0 Å². The number of carbonyl (C=O) groups is 1. The zero-order valence-electron chi connectivity index (χ0n) is 12.1. The Morgan fingerprint density at radius 1 is 1.48 bits per heavy atom. The zero-order chi connectivity index (χ0) is 14.8. The number of carbonyl (C=O) groups excluding carboxylic acids is 1. The summed E-state index contributed by atoms with van der Waals surface area (Å²) in [4.78, 5) is 22.3. The summed E-state index contributed by atoms with van der Waals surface area (Å²) in [5, 5.41) is 4.11.